The molecular formula is C41H80N2O17P6S12. The predicted octanol–water partition coefficient (Wildman–Crippen LogP) is 16.2. The molecule has 2 aromatic rings. The molecule has 458 valence electrons. The zero-order chi connectivity index (χ0) is 60.5. The Balaban J connectivity index is -0.000000909. The smallest absolute Gasteiger partial charge is 0.380 e. The molecule has 19 nitrogen and oxygen atoms in total. The summed E-state index contributed by atoms with van der Waals surface area (Å²) in [4.78, 5) is 22.2. The van der Waals surface area contributed by atoms with Crippen molar-refractivity contribution in [2.24, 2.45) is 0 Å². The van der Waals surface area contributed by atoms with Crippen molar-refractivity contribution in [3.8, 4) is 11.5 Å². The van der Waals surface area contributed by atoms with E-state index in [1.54, 1.807) is 37.1 Å². The van der Waals surface area contributed by atoms with Gasteiger partial charge in [0.1, 0.15) is 11.5 Å². The Morgan fingerprint density at radius 3 is 1.26 bits per heavy atom. The van der Waals surface area contributed by atoms with Crippen molar-refractivity contribution >= 4 is 188 Å². The molecule has 0 aliphatic heterocycles. The van der Waals surface area contributed by atoms with Crippen LogP contribution >= 0.6 is 105 Å². The molecule has 0 saturated heterocycles. The van der Waals surface area contributed by atoms with Gasteiger partial charge in [-0.25, -0.2) is 0 Å². The molecule has 0 spiro atoms. The molecular weight excluding hydrogens is 1360 g/mol. The van der Waals surface area contributed by atoms with Gasteiger partial charge < -0.3 is 68.6 Å². The minimum atomic E-state index is -2.80. The van der Waals surface area contributed by atoms with Crippen molar-refractivity contribution < 1.29 is 73.1 Å². The van der Waals surface area contributed by atoms with Crippen LogP contribution in [0, 0.1) is 24.0 Å². The van der Waals surface area contributed by atoms with Crippen LogP contribution in [0.1, 0.15) is 59.6 Å². The number of hydrogen-bond donors (Lipinski definition) is 1. The van der Waals surface area contributed by atoms with Gasteiger partial charge in [-0.2, -0.15) is 11.8 Å². The van der Waals surface area contributed by atoms with Gasteiger partial charge in [-0.3, -0.25) is 14.9 Å². The van der Waals surface area contributed by atoms with Gasteiger partial charge in [0.2, 0.25) is 28.7 Å². The van der Waals surface area contributed by atoms with Gasteiger partial charge in [-0.1, -0.05) is 52.5 Å². The van der Waals surface area contributed by atoms with Crippen molar-refractivity contribution in [3.63, 3.8) is 0 Å². The van der Waals surface area contributed by atoms with E-state index in [9.17, 15) is 14.9 Å². The standard InChI is InChI=1S/C10H15O3PS2.C9H12NO5PS.C9H22O4P2S4.C8H19O2PS3.C5H12NO3PS2/c1-8-7-9(5-6-10(8)16-4)13-14(15,11-2)12-3;1-7-6-8(4-5-9(7)10(11)12)15-16(17,13-2)14-3;1-5-10-14(16,11-6-2)18-9-19-15(17,12-7-3)13-8-4;1-4-9-11(12,10-5-2)14-8-7-13-6-3;1-6-5(7)4-12-10(11,8-2)9-3/h5-7H,1-4H3;4-6H,1-3H3;5-9H2,1-4H3;4-8H2,1-3H3;4H2,1-3H3,(H,6,7). The number of nitro benzene ring substituents is 1. The number of aryl methyl sites for hydroxylation is 2. The highest BCUT2D eigenvalue weighted by Crippen LogP contribution is 2.68. The second kappa shape index (κ2) is 48.4. The zero-order valence-corrected chi connectivity index (χ0v) is 62.4. The molecule has 0 unspecified atom stereocenters. The zero-order valence-electron chi connectivity index (χ0n) is 47.2. The number of amides is 1. The van der Waals surface area contributed by atoms with Gasteiger partial charge >= 0.3 is 13.4 Å². The Morgan fingerprint density at radius 1 is 0.564 bits per heavy atom. The van der Waals surface area contributed by atoms with Crippen molar-refractivity contribution in [1.29, 1.82) is 0 Å². The fraction of sp³-hybridized carbons (Fsp3) is 0.683. The minimum Gasteiger partial charge on any atom is -0.424 e. The lowest BCUT2D eigenvalue weighted by molar-refractivity contribution is -0.385. The van der Waals surface area contributed by atoms with E-state index in [4.69, 9.17) is 134 Å². The number of nitro groups is 1. The summed E-state index contributed by atoms with van der Waals surface area (Å²) in [6.07, 6.45) is 2.04. The summed E-state index contributed by atoms with van der Waals surface area (Å²) in [5.41, 5.74) is -7.12. The molecule has 0 atom stereocenters. The first kappa shape index (κ1) is 84.6. The van der Waals surface area contributed by atoms with Gasteiger partial charge in [0, 0.05) is 101 Å². The first-order chi connectivity index (χ1) is 36.7. The highest BCUT2D eigenvalue weighted by molar-refractivity contribution is 8.76. The maximum absolute atomic E-state index is 10.8. The molecule has 0 bridgehead atoms. The first-order valence-corrected chi connectivity index (χ1v) is 47.5. The fourth-order valence-electron chi connectivity index (χ4n) is 4.53. The third kappa shape index (κ3) is 39.3. The number of carbonyl (C=O) groups is 1. The molecule has 0 heterocycles. The minimum absolute atomic E-state index is 0.0282. The SMILES string of the molecule is CCOP(=S)(OCC)SCCSCC.CCOP(=S)(OCC)SCSP(=S)(OCC)OCC.CNC(=O)CSP(=S)(OC)OC.COP(=S)(OC)Oc1ccc(SC)c(C)c1.COP(=S)(OC)Oc1ccc([N+](=O)[O-])c(C)c1. The molecule has 0 aliphatic rings. The van der Waals surface area contributed by atoms with Crippen LogP contribution in [0.4, 0.5) is 5.69 Å². The third-order valence-electron chi connectivity index (χ3n) is 7.97. The van der Waals surface area contributed by atoms with Crippen LogP contribution in [-0.4, -0.2) is 135 Å². The topological polar surface area (TPSA) is 201 Å². The fourth-order valence-corrected chi connectivity index (χ4v) is 28.3. The van der Waals surface area contributed by atoms with Crippen LogP contribution in [0.15, 0.2) is 41.3 Å². The predicted molar refractivity (Wildman–Crippen MR) is 362 cm³/mol. The van der Waals surface area contributed by atoms with Gasteiger partial charge in [0.15, 0.2) is 0 Å². The summed E-state index contributed by atoms with van der Waals surface area (Å²) in [6, 6.07) is 10.2. The number of carbonyl (C=O) groups excluding carboxylic acids is 1. The van der Waals surface area contributed by atoms with Crippen LogP contribution in [0.2, 0.25) is 0 Å². The molecule has 2 rings (SSSR count). The summed E-state index contributed by atoms with van der Waals surface area (Å²) in [5, 5.41) is 13.8. The Kier molecular flexibility index (Phi) is 52.6. The Labute approximate surface area is 521 Å². The first-order valence-electron chi connectivity index (χ1n) is 23.1. The second-order valence-corrected chi connectivity index (χ2v) is 47.6. The number of benzene rings is 2. The van der Waals surface area contributed by atoms with E-state index in [2.05, 4.69) is 12.2 Å². The maximum atomic E-state index is 10.8. The molecule has 37 heteroatoms. The lowest BCUT2D eigenvalue weighted by Crippen LogP contribution is -2.19. The average molecular weight is 1440 g/mol. The molecule has 0 fully saturated rings. The van der Waals surface area contributed by atoms with Crippen molar-refractivity contribution in [1.82, 2.24) is 5.32 Å². The number of nitrogens with zero attached hydrogens (tertiary/aromatic N) is 1. The molecule has 0 radical (unpaired) electrons. The Bertz CT molecular complexity index is 2210. The van der Waals surface area contributed by atoms with Crippen LogP contribution in [-0.2, 0) is 130 Å². The van der Waals surface area contributed by atoms with E-state index in [1.165, 1.54) is 99.9 Å². The second-order valence-electron chi connectivity index (χ2n) is 13.2. The van der Waals surface area contributed by atoms with Crippen molar-refractivity contribution in [2.45, 2.75) is 67.2 Å². The van der Waals surface area contributed by atoms with E-state index < -0.39 is 41.1 Å². The van der Waals surface area contributed by atoms with Crippen LogP contribution < -0.4 is 14.4 Å². The monoisotopic (exact) mass is 1440 g/mol. The number of hydrogen-bond acceptors (Lipinski definition) is 29. The highest BCUT2D eigenvalue weighted by Gasteiger charge is 2.25. The summed E-state index contributed by atoms with van der Waals surface area (Å²) >= 11 is 40.9. The molecule has 0 aliphatic carbocycles. The van der Waals surface area contributed by atoms with E-state index in [1.807, 2.05) is 84.7 Å². The van der Waals surface area contributed by atoms with Gasteiger partial charge in [0.05, 0.1) is 55.4 Å². The Hall–Kier alpha value is 2.43. The third-order valence-corrected chi connectivity index (χ3v) is 38.1. The molecule has 0 aromatic heterocycles. The van der Waals surface area contributed by atoms with Crippen LogP contribution in [0.3, 0.4) is 0 Å². The van der Waals surface area contributed by atoms with E-state index in [0.29, 0.717) is 61.8 Å². The molecule has 2 aromatic carbocycles. The summed E-state index contributed by atoms with van der Waals surface area (Å²) in [7, 11) is 10.3. The molecule has 1 N–H and O–H groups in total. The lowest BCUT2D eigenvalue weighted by Gasteiger charge is -2.23. The van der Waals surface area contributed by atoms with E-state index in [-0.39, 0.29) is 17.3 Å². The van der Waals surface area contributed by atoms with Gasteiger partial charge in [-0.15, -0.1) is 11.8 Å². The highest BCUT2D eigenvalue weighted by atomic mass is 32.9. The Morgan fingerprint density at radius 2 is 0.949 bits per heavy atom. The normalized spacial score (nSPS) is 11.8. The van der Waals surface area contributed by atoms with Crippen LogP contribution in [0.25, 0.3) is 0 Å². The number of rotatable bonds is 36. The average Bonchev–Trinajstić information content (AvgIpc) is 3.40. The van der Waals surface area contributed by atoms with E-state index >= 15 is 0 Å². The van der Waals surface area contributed by atoms with Crippen molar-refractivity contribution in [2.75, 3.05) is 124 Å². The summed E-state index contributed by atoms with van der Waals surface area (Å²) in [6.45, 7) is 15.5. The number of thioether (sulfide) groups is 2. The molecule has 0 saturated carbocycles. The van der Waals surface area contributed by atoms with Crippen molar-refractivity contribution in [3.05, 3.63) is 57.6 Å². The lowest BCUT2D eigenvalue weighted by atomic mass is 10.2. The van der Waals surface area contributed by atoms with Gasteiger partial charge in [-0.05, 0) is 151 Å². The van der Waals surface area contributed by atoms with Gasteiger partial charge in [0.25, 0.3) is 5.69 Å². The molecule has 1 amide bonds. The summed E-state index contributed by atoms with van der Waals surface area (Å²) in [5.74, 6) is 4.57. The quantitative estimate of drug-likeness (QED) is 0.0168. The largest absolute Gasteiger partial charge is 0.424 e. The number of nitrogens with one attached hydrogen (secondary N) is 1. The van der Waals surface area contributed by atoms with Crippen LogP contribution in [0.5, 0.6) is 11.5 Å². The maximum Gasteiger partial charge on any atom is 0.380 e. The summed E-state index contributed by atoms with van der Waals surface area (Å²) < 4.78 is 74.1. The van der Waals surface area contributed by atoms with E-state index in [0.717, 1.165) is 22.8 Å². The molecule has 78 heavy (non-hydrogen) atoms.